The zero-order chi connectivity index (χ0) is 33.7. The van der Waals surface area contributed by atoms with Crippen molar-refractivity contribution in [3.63, 3.8) is 0 Å². The summed E-state index contributed by atoms with van der Waals surface area (Å²) in [4.78, 5) is 61.8. The van der Waals surface area contributed by atoms with Crippen LogP contribution in [-0.2, 0) is 27.3 Å². The Morgan fingerprint density at radius 1 is 1.08 bits per heavy atom. The minimum atomic E-state index is -0.782. The van der Waals surface area contributed by atoms with Gasteiger partial charge in [0, 0.05) is 31.2 Å². The van der Waals surface area contributed by atoms with Gasteiger partial charge in [0.15, 0.2) is 5.82 Å². The lowest BCUT2D eigenvalue weighted by Crippen LogP contribution is -2.55. The third-order valence-corrected chi connectivity index (χ3v) is 8.70. The van der Waals surface area contributed by atoms with E-state index in [1.807, 2.05) is 44.2 Å². The molecule has 0 spiro atoms. The largest absolute Gasteiger partial charge is 0.355 e. The highest BCUT2D eigenvalue weighted by atomic mass is 35.5. The summed E-state index contributed by atoms with van der Waals surface area (Å²) in [7, 11) is 0. The van der Waals surface area contributed by atoms with Gasteiger partial charge in [-0.3, -0.25) is 19.2 Å². The first kappa shape index (κ1) is 36.5. The monoisotopic (exact) mass is 682 g/mol. The van der Waals surface area contributed by atoms with Crippen LogP contribution < -0.4 is 16.4 Å². The number of rotatable bonds is 5. The lowest BCUT2D eigenvalue weighted by Gasteiger charge is -2.32. The van der Waals surface area contributed by atoms with Crippen LogP contribution >= 0.6 is 12.4 Å². The highest BCUT2D eigenvalue weighted by Crippen LogP contribution is 2.24. The van der Waals surface area contributed by atoms with Crippen molar-refractivity contribution in [2.45, 2.75) is 71.1 Å². The third kappa shape index (κ3) is 8.56. The molecule has 3 heterocycles. The number of hydrogen-bond acceptors (Lipinski definition) is 7. The Hall–Kier alpha value is -4.36. The molecule has 1 saturated heterocycles. The maximum Gasteiger partial charge on any atom is 0.257 e. The van der Waals surface area contributed by atoms with Gasteiger partial charge in [-0.1, -0.05) is 50.2 Å². The molecule has 258 valence electrons. The molecule has 48 heavy (non-hydrogen) atoms. The van der Waals surface area contributed by atoms with E-state index in [1.54, 1.807) is 13.0 Å². The van der Waals surface area contributed by atoms with Gasteiger partial charge in [-0.15, -0.1) is 12.4 Å². The van der Waals surface area contributed by atoms with E-state index >= 15 is 0 Å². The first-order chi connectivity index (χ1) is 22.5. The van der Waals surface area contributed by atoms with Crippen LogP contribution in [0.25, 0.3) is 11.4 Å². The molecule has 4 amide bonds. The molecule has 2 aliphatic rings. The minimum Gasteiger partial charge on any atom is -0.355 e. The number of halogens is 2. The van der Waals surface area contributed by atoms with E-state index in [0.717, 1.165) is 11.1 Å². The first-order valence-corrected chi connectivity index (χ1v) is 16.2. The Morgan fingerprint density at radius 2 is 1.83 bits per heavy atom. The Balaban J connectivity index is 0.00000520. The summed E-state index contributed by atoms with van der Waals surface area (Å²) in [5.74, 6) is -1.57. The van der Waals surface area contributed by atoms with Crippen molar-refractivity contribution >= 4 is 36.0 Å². The summed E-state index contributed by atoms with van der Waals surface area (Å²) in [6.45, 7) is 5.82. The fraction of sp³-hybridized carbons (Fsp3) is 0.471. The quantitative estimate of drug-likeness (QED) is 0.374. The van der Waals surface area contributed by atoms with Crippen molar-refractivity contribution in [3.05, 3.63) is 71.3 Å². The van der Waals surface area contributed by atoms with Crippen LogP contribution in [-0.4, -0.2) is 86.5 Å². The van der Waals surface area contributed by atoms with Crippen LogP contribution in [0.5, 0.6) is 0 Å². The summed E-state index contributed by atoms with van der Waals surface area (Å²) in [6, 6.07) is 11.9. The van der Waals surface area contributed by atoms with E-state index in [4.69, 9.17) is 5.73 Å². The Bertz CT molecular complexity index is 1620. The second-order valence-corrected chi connectivity index (χ2v) is 12.7. The van der Waals surface area contributed by atoms with E-state index in [-0.39, 0.29) is 55.3 Å². The smallest absolute Gasteiger partial charge is 0.257 e. The average Bonchev–Trinajstić information content (AvgIpc) is 3.71. The van der Waals surface area contributed by atoms with Gasteiger partial charge in [0.2, 0.25) is 17.7 Å². The van der Waals surface area contributed by atoms with Crippen molar-refractivity contribution in [1.82, 2.24) is 35.2 Å². The second kappa shape index (κ2) is 16.2. The van der Waals surface area contributed by atoms with Crippen LogP contribution in [0, 0.1) is 11.7 Å². The molecule has 12 nitrogen and oxygen atoms in total. The number of benzene rings is 2. The van der Waals surface area contributed by atoms with Crippen molar-refractivity contribution < 1.29 is 23.6 Å². The average molecular weight is 683 g/mol. The molecular formula is C34H44ClFN8O4. The predicted octanol–water partition coefficient (Wildman–Crippen LogP) is 2.86. The summed E-state index contributed by atoms with van der Waals surface area (Å²) in [5, 5.41) is 10.5. The number of hydrogen-bond donors (Lipinski definition) is 3. The van der Waals surface area contributed by atoms with Crippen molar-refractivity contribution in [3.8, 4) is 11.4 Å². The topological polar surface area (TPSA) is 156 Å². The molecule has 2 aromatic carbocycles. The number of nitrogens with one attached hydrogen (secondary N) is 2. The Morgan fingerprint density at radius 3 is 2.54 bits per heavy atom. The lowest BCUT2D eigenvalue weighted by molar-refractivity contribution is -0.137. The number of carbonyl (C=O) groups is 4. The first-order valence-electron chi connectivity index (χ1n) is 16.2. The molecule has 3 aromatic rings. The van der Waals surface area contributed by atoms with E-state index < -0.39 is 35.8 Å². The summed E-state index contributed by atoms with van der Waals surface area (Å²) in [6.07, 6.45) is 2.08. The van der Waals surface area contributed by atoms with Gasteiger partial charge < -0.3 is 26.2 Å². The fourth-order valence-corrected chi connectivity index (χ4v) is 6.02. The maximum atomic E-state index is 14.8. The minimum absolute atomic E-state index is 0. The van der Waals surface area contributed by atoms with E-state index in [9.17, 15) is 23.6 Å². The molecule has 1 aromatic heterocycles. The van der Waals surface area contributed by atoms with Crippen LogP contribution in [0.15, 0.2) is 48.5 Å². The second-order valence-electron chi connectivity index (χ2n) is 12.7. The summed E-state index contributed by atoms with van der Waals surface area (Å²) >= 11 is 0. The SMILES string of the molecule is CC(C)[C@@H]1CN(C(=O)Cn2nc(-c3ccccc3)nc2[C@H](C)N)CC(=O)NCCCc2ccc(F)c(c2)C(=O)N2CCC[C@H]2C(=O)N1.Cl. The standard InChI is InChI=1S/C34H43FN8O4.ClH/c1-21(2)27-18-41(30(45)20-43-32(22(3)36)39-31(40-43)24-10-5-4-6-11-24)19-29(44)37-15-7-9-23-13-14-26(35)25(17-23)34(47)42-16-8-12-28(42)33(46)38-27;/h4-6,10-11,13-14,17,21-22,27-28H,7-9,12,15-16,18-20,36H2,1-3H3,(H,37,44)(H,38,46);1H/t22-,27-,28-;/m0./s1. The molecule has 2 bridgehead atoms. The molecule has 0 radical (unpaired) electrons. The normalized spacial score (nSPS) is 20.0. The number of nitrogens with two attached hydrogens (primary N) is 1. The molecular weight excluding hydrogens is 639 g/mol. The molecule has 5 rings (SSSR count). The number of amides is 4. The maximum absolute atomic E-state index is 14.8. The van der Waals surface area contributed by atoms with Gasteiger partial charge in [-0.05, 0) is 56.2 Å². The number of carbonyl (C=O) groups excluding carboxylic acids is 4. The molecule has 2 aliphatic heterocycles. The van der Waals surface area contributed by atoms with Crippen molar-refractivity contribution in [2.24, 2.45) is 11.7 Å². The van der Waals surface area contributed by atoms with Crippen LogP contribution in [0.2, 0.25) is 0 Å². The molecule has 0 unspecified atom stereocenters. The fourth-order valence-electron chi connectivity index (χ4n) is 6.02. The van der Waals surface area contributed by atoms with E-state index in [0.29, 0.717) is 50.4 Å². The molecule has 14 heteroatoms. The van der Waals surface area contributed by atoms with Gasteiger partial charge in [0.25, 0.3) is 5.91 Å². The molecule has 0 aliphatic carbocycles. The van der Waals surface area contributed by atoms with Crippen LogP contribution in [0.4, 0.5) is 4.39 Å². The molecule has 1 fully saturated rings. The Kier molecular flexibility index (Phi) is 12.3. The number of aromatic nitrogens is 3. The van der Waals surface area contributed by atoms with Gasteiger partial charge in [0.05, 0.1) is 18.2 Å². The van der Waals surface area contributed by atoms with Crippen LogP contribution in [0.1, 0.15) is 67.8 Å². The number of aryl methyl sites for hydroxylation is 1. The molecule has 3 atom stereocenters. The molecule has 4 N–H and O–H groups in total. The van der Waals surface area contributed by atoms with Gasteiger partial charge in [-0.25, -0.2) is 14.1 Å². The lowest BCUT2D eigenvalue weighted by atomic mass is 10.0. The molecule has 0 saturated carbocycles. The Labute approximate surface area is 286 Å². The number of fused-ring (bicyclic) bond motifs is 3. The predicted molar refractivity (Wildman–Crippen MR) is 180 cm³/mol. The summed E-state index contributed by atoms with van der Waals surface area (Å²) in [5.41, 5.74) is 7.67. The van der Waals surface area contributed by atoms with E-state index in [2.05, 4.69) is 20.7 Å². The summed E-state index contributed by atoms with van der Waals surface area (Å²) < 4.78 is 16.3. The van der Waals surface area contributed by atoms with Gasteiger partial charge in [-0.2, -0.15) is 5.10 Å². The zero-order valence-corrected chi connectivity index (χ0v) is 28.3. The van der Waals surface area contributed by atoms with Crippen molar-refractivity contribution in [1.29, 1.82) is 0 Å². The highest BCUT2D eigenvalue weighted by Gasteiger charge is 2.37. The highest BCUT2D eigenvalue weighted by molar-refractivity contribution is 5.98. The van der Waals surface area contributed by atoms with Crippen molar-refractivity contribution in [2.75, 3.05) is 26.2 Å². The van der Waals surface area contributed by atoms with Gasteiger partial charge >= 0.3 is 0 Å². The number of nitrogens with zero attached hydrogens (tertiary/aromatic N) is 5. The third-order valence-electron chi connectivity index (χ3n) is 8.70. The zero-order valence-electron chi connectivity index (χ0n) is 27.5. The van der Waals surface area contributed by atoms with E-state index in [1.165, 1.54) is 26.6 Å². The van der Waals surface area contributed by atoms with Crippen LogP contribution in [0.3, 0.4) is 0 Å². The van der Waals surface area contributed by atoms with Gasteiger partial charge in [0.1, 0.15) is 24.2 Å².